The van der Waals surface area contributed by atoms with Crippen molar-refractivity contribution < 1.29 is 33.4 Å². The van der Waals surface area contributed by atoms with Gasteiger partial charge in [-0.05, 0) is 23.3 Å². The molecule has 0 bridgehead atoms. The average Bonchev–Trinajstić information content (AvgIpc) is 3.52. The minimum Gasteiger partial charge on any atom is -0.482 e. The van der Waals surface area contributed by atoms with Gasteiger partial charge >= 0.3 is 12.0 Å². The standard InChI is InChI=1S/C27H26N4O7S/c1-15(17-7-5-4-6-8-17)23(24(34)30-26-28-20(14-39-26)16(2)32)31-25(35)22(29-27(31)36)18-9-11-19(12-10-18)38-13-21(33)37-3/h4-12,14-15,22-23H,13H2,1-3H3,(H,29,36)(H,28,30,34)/t15-,22+,23-/m0/s1. The third-order valence-electron chi connectivity index (χ3n) is 6.21. The Bertz CT molecular complexity index is 1390. The lowest BCUT2D eigenvalue weighted by atomic mass is 9.91. The van der Waals surface area contributed by atoms with Crippen molar-refractivity contribution >= 4 is 46.1 Å². The maximum absolute atomic E-state index is 13.6. The van der Waals surface area contributed by atoms with Crippen LogP contribution < -0.4 is 15.4 Å². The number of carbonyl (C=O) groups excluding carboxylic acids is 5. The molecule has 202 valence electrons. The molecule has 0 unspecified atom stereocenters. The minimum atomic E-state index is -1.21. The number of hydrogen-bond donors (Lipinski definition) is 2. The van der Waals surface area contributed by atoms with Gasteiger partial charge in [0.25, 0.3) is 5.91 Å². The molecule has 3 aromatic rings. The Morgan fingerprint density at radius 1 is 1.10 bits per heavy atom. The van der Waals surface area contributed by atoms with Gasteiger partial charge in [-0.15, -0.1) is 11.3 Å². The van der Waals surface area contributed by atoms with E-state index in [4.69, 9.17) is 4.74 Å². The Morgan fingerprint density at radius 2 is 1.79 bits per heavy atom. The third-order valence-corrected chi connectivity index (χ3v) is 6.97. The Morgan fingerprint density at radius 3 is 2.41 bits per heavy atom. The van der Waals surface area contributed by atoms with Crippen molar-refractivity contribution in [2.24, 2.45) is 0 Å². The zero-order valence-corrected chi connectivity index (χ0v) is 22.2. The number of aromatic nitrogens is 1. The van der Waals surface area contributed by atoms with Crippen LogP contribution in [0.3, 0.4) is 0 Å². The first-order valence-electron chi connectivity index (χ1n) is 11.9. The fourth-order valence-electron chi connectivity index (χ4n) is 4.12. The molecule has 3 atom stereocenters. The van der Waals surface area contributed by atoms with Crippen LogP contribution in [0.1, 0.15) is 47.4 Å². The van der Waals surface area contributed by atoms with Crippen LogP contribution in [0.25, 0.3) is 0 Å². The molecule has 11 nitrogen and oxygen atoms in total. The monoisotopic (exact) mass is 550 g/mol. The van der Waals surface area contributed by atoms with Gasteiger partial charge in [-0.1, -0.05) is 49.4 Å². The lowest BCUT2D eigenvalue weighted by molar-refractivity contribution is -0.142. The SMILES string of the molecule is COC(=O)COc1ccc([C@H]2NC(=O)N([C@H](C(=O)Nc3nc(C(C)=O)cs3)[C@@H](C)c3ccccc3)C2=O)cc1. The number of ether oxygens (including phenoxy) is 2. The van der Waals surface area contributed by atoms with Crippen molar-refractivity contribution in [1.82, 2.24) is 15.2 Å². The van der Waals surface area contributed by atoms with E-state index in [9.17, 15) is 24.0 Å². The summed E-state index contributed by atoms with van der Waals surface area (Å²) in [6.45, 7) is 2.85. The molecular weight excluding hydrogens is 524 g/mol. The van der Waals surface area contributed by atoms with Crippen LogP contribution in [-0.4, -0.2) is 59.2 Å². The van der Waals surface area contributed by atoms with Crippen molar-refractivity contribution in [2.45, 2.75) is 31.8 Å². The van der Waals surface area contributed by atoms with Gasteiger partial charge in [0.2, 0.25) is 5.91 Å². The number of hydrogen-bond acceptors (Lipinski definition) is 9. The molecule has 1 fully saturated rings. The number of imide groups is 1. The number of esters is 1. The average molecular weight is 551 g/mol. The second-order valence-electron chi connectivity index (χ2n) is 8.75. The maximum atomic E-state index is 13.6. The minimum absolute atomic E-state index is 0.182. The van der Waals surface area contributed by atoms with Crippen molar-refractivity contribution in [1.29, 1.82) is 0 Å². The van der Waals surface area contributed by atoms with Crippen molar-refractivity contribution in [2.75, 3.05) is 19.0 Å². The summed E-state index contributed by atoms with van der Waals surface area (Å²) in [5.74, 6) is -2.21. The summed E-state index contributed by atoms with van der Waals surface area (Å²) in [7, 11) is 1.25. The molecule has 2 N–H and O–H groups in total. The number of thiazole rings is 1. The van der Waals surface area contributed by atoms with Crippen LogP contribution in [-0.2, 0) is 19.1 Å². The zero-order valence-electron chi connectivity index (χ0n) is 21.4. The zero-order chi connectivity index (χ0) is 28.1. The number of anilines is 1. The van der Waals surface area contributed by atoms with Gasteiger partial charge in [-0.3, -0.25) is 14.4 Å². The Kier molecular flexibility index (Phi) is 8.35. The van der Waals surface area contributed by atoms with Crippen molar-refractivity contribution in [3.05, 3.63) is 76.8 Å². The molecule has 12 heteroatoms. The van der Waals surface area contributed by atoms with Crippen LogP contribution in [0.4, 0.5) is 9.93 Å². The van der Waals surface area contributed by atoms with E-state index in [2.05, 4.69) is 20.4 Å². The number of ketones is 1. The quantitative estimate of drug-likeness (QED) is 0.222. The number of carbonyl (C=O) groups is 5. The molecule has 1 saturated heterocycles. The Labute approximate surface area is 228 Å². The summed E-state index contributed by atoms with van der Waals surface area (Å²) in [5, 5.41) is 7.03. The Hall–Kier alpha value is -4.58. The maximum Gasteiger partial charge on any atom is 0.343 e. The first-order chi connectivity index (χ1) is 18.7. The molecule has 4 amide bonds. The number of benzene rings is 2. The number of urea groups is 1. The molecule has 1 aromatic heterocycles. The van der Waals surface area contributed by atoms with Crippen molar-refractivity contribution in [3.63, 3.8) is 0 Å². The molecule has 2 aromatic carbocycles. The number of nitrogens with one attached hydrogen (secondary N) is 2. The van der Waals surface area contributed by atoms with Gasteiger partial charge in [-0.25, -0.2) is 19.5 Å². The lowest BCUT2D eigenvalue weighted by Gasteiger charge is -2.29. The number of methoxy groups -OCH3 is 1. The van der Waals surface area contributed by atoms with Gasteiger partial charge in [0.05, 0.1) is 7.11 Å². The number of rotatable bonds is 10. The first-order valence-corrected chi connectivity index (χ1v) is 12.8. The highest BCUT2D eigenvalue weighted by Crippen LogP contribution is 2.32. The summed E-state index contributed by atoms with van der Waals surface area (Å²) < 4.78 is 9.88. The predicted molar refractivity (Wildman–Crippen MR) is 141 cm³/mol. The van der Waals surface area contributed by atoms with Crippen LogP contribution in [0.5, 0.6) is 5.75 Å². The Balaban J connectivity index is 1.59. The fraction of sp³-hybridized carbons (Fsp3) is 0.259. The van der Waals surface area contributed by atoms with E-state index in [1.165, 1.54) is 19.4 Å². The fourth-order valence-corrected chi connectivity index (χ4v) is 4.87. The molecular formula is C27H26N4O7S. The number of amides is 4. The number of Topliss-reactive ketones (excluding diaryl/α,β-unsaturated/α-hetero) is 1. The molecule has 1 aliphatic rings. The highest BCUT2D eigenvalue weighted by Gasteiger charge is 2.47. The van der Waals surface area contributed by atoms with Crippen LogP contribution in [0.15, 0.2) is 60.0 Å². The van der Waals surface area contributed by atoms with Gasteiger partial charge in [0.15, 0.2) is 17.5 Å². The second-order valence-corrected chi connectivity index (χ2v) is 9.61. The topological polar surface area (TPSA) is 144 Å². The highest BCUT2D eigenvalue weighted by atomic mass is 32.1. The molecule has 0 saturated carbocycles. The molecule has 0 spiro atoms. The van der Waals surface area contributed by atoms with E-state index in [0.29, 0.717) is 11.3 Å². The van der Waals surface area contributed by atoms with Crippen LogP contribution >= 0.6 is 11.3 Å². The van der Waals surface area contributed by atoms with Gasteiger partial charge in [0.1, 0.15) is 23.5 Å². The summed E-state index contributed by atoms with van der Waals surface area (Å²) in [6.07, 6.45) is 0. The molecule has 0 radical (unpaired) electrons. The summed E-state index contributed by atoms with van der Waals surface area (Å²) in [6, 6.07) is 12.4. The summed E-state index contributed by atoms with van der Waals surface area (Å²) in [4.78, 5) is 68.3. The molecule has 2 heterocycles. The van der Waals surface area contributed by atoms with E-state index < -0.39 is 41.8 Å². The van der Waals surface area contributed by atoms with Crippen LogP contribution in [0.2, 0.25) is 0 Å². The molecule has 0 aliphatic carbocycles. The van der Waals surface area contributed by atoms with E-state index in [-0.39, 0.29) is 23.2 Å². The number of nitrogens with zero attached hydrogens (tertiary/aromatic N) is 2. The summed E-state index contributed by atoms with van der Waals surface area (Å²) in [5.41, 5.74) is 1.42. The summed E-state index contributed by atoms with van der Waals surface area (Å²) >= 11 is 1.07. The molecule has 39 heavy (non-hydrogen) atoms. The van der Waals surface area contributed by atoms with Crippen molar-refractivity contribution in [3.8, 4) is 5.75 Å². The predicted octanol–water partition coefficient (Wildman–Crippen LogP) is 3.30. The third kappa shape index (κ3) is 6.12. The smallest absolute Gasteiger partial charge is 0.343 e. The van der Waals surface area contributed by atoms with Gasteiger partial charge in [0, 0.05) is 18.2 Å². The van der Waals surface area contributed by atoms with Crippen LogP contribution in [0, 0.1) is 0 Å². The van der Waals surface area contributed by atoms with Gasteiger partial charge < -0.3 is 20.1 Å². The first kappa shape index (κ1) is 27.5. The largest absolute Gasteiger partial charge is 0.482 e. The normalized spacial score (nSPS) is 16.3. The second kappa shape index (κ2) is 11.9. The molecule has 1 aliphatic heterocycles. The van der Waals surface area contributed by atoms with Gasteiger partial charge in [-0.2, -0.15) is 0 Å². The lowest BCUT2D eigenvalue weighted by Crippen LogP contribution is -2.50. The van der Waals surface area contributed by atoms with E-state index in [0.717, 1.165) is 21.8 Å². The van der Waals surface area contributed by atoms with E-state index >= 15 is 0 Å². The van der Waals surface area contributed by atoms with E-state index in [1.807, 2.05) is 18.2 Å². The van der Waals surface area contributed by atoms with E-state index in [1.54, 1.807) is 43.3 Å². The molecule has 4 rings (SSSR count). The highest BCUT2D eigenvalue weighted by molar-refractivity contribution is 7.14.